The molecule has 0 aliphatic carbocycles. The SMILES string of the molecule is CCC[P+]([O-])=N[C@@H](CC(C)C)C(=O)N[C@@H](Cc1ccc(-c2cccn2C)cc1)C(=O)O. The first-order valence-electron chi connectivity index (χ1n) is 10.6. The van der Waals surface area contributed by atoms with Crippen LogP contribution in [0.2, 0.25) is 0 Å². The van der Waals surface area contributed by atoms with Crippen molar-refractivity contribution in [3.05, 3.63) is 48.2 Å². The van der Waals surface area contributed by atoms with E-state index in [4.69, 9.17) is 0 Å². The summed E-state index contributed by atoms with van der Waals surface area (Å²) in [6, 6.07) is 9.72. The van der Waals surface area contributed by atoms with Gasteiger partial charge in [0.15, 0.2) is 14.0 Å². The highest BCUT2D eigenvalue weighted by Gasteiger charge is 2.27. The topological polar surface area (TPSA) is 107 Å². The highest BCUT2D eigenvalue weighted by Crippen LogP contribution is 2.22. The maximum absolute atomic E-state index is 12.8. The Kier molecular flexibility index (Phi) is 9.41. The molecule has 1 aromatic carbocycles. The van der Waals surface area contributed by atoms with E-state index in [9.17, 15) is 19.6 Å². The molecule has 1 amide bonds. The number of carbonyl (C=O) groups excluding carboxylic acids is 1. The number of rotatable bonds is 11. The Morgan fingerprint density at radius 2 is 1.90 bits per heavy atom. The van der Waals surface area contributed by atoms with E-state index in [-0.39, 0.29) is 12.3 Å². The predicted octanol–water partition coefficient (Wildman–Crippen LogP) is 3.57. The number of aliphatic carboxylic acids is 1. The molecular formula is C23H32N3O4P. The summed E-state index contributed by atoms with van der Waals surface area (Å²) in [6.45, 7) is 5.81. The lowest BCUT2D eigenvalue weighted by atomic mass is 10.0. The highest BCUT2D eigenvalue weighted by molar-refractivity contribution is 7.39. The molecule has 2 aromatic rings. The minimum Gasteiger partial charge on any atom is -0.612 e. The van der Waals surface area contributed by atoms with Crippen LogP contribution in [0.25, 0.3) is 11.3 Å². The van der Waals surface area contributed by atoms with Gasteiger partial charge >= 0.3 is 5.97 Å². The van der Waals surface area contributed by atoms with Gasteiger partial charge in [0.1, 0.15) is 12.2 Å². The molecular weight excluding hydrogens is 413 g/mol. The third kappa shape index (κ3) is 7.60. The van der Waals surface area contributed by atoms with Crippen LogP contribution >= 0.6 is 7.94 Å². The Labute approximate surface area is 185 Å². The third-order valence-electron chi connectivity index (χ3n) is 4.93. The molecule has 0 spiro atoms. The second-order valence-corrected chi connectivity index (χ2v) is 9.52. The molecule has 168 valence electrons. The molecule has 2 N–H and O–H groups in total. The van der Waals surface area contributed by atoms with Gasteiger partial charge in [0.2, 0.25) is 5.91 Å². The van der Waals surface area contributed by atoms with Crippen molar-refractivity contribution in [3.8, 4) is 11.3 Å². The van der Waals surface area contributed by atoms with Crippen molar-refractivity contribution in [2.45, 2.75) is 52.1 Å². The number of nitrogens with zero attached hydrogens (tertiary/aromatic N) is 2. The largest absolute Gasteiger partial charge is 0.612 e. The first-order valence-corrected chi connectivity index (χ1v) is 12.0. The van der Waals surface area contributed by atoms with E-state index in [1.807, 2.05) is 75.0 Å². The molecule has 31 heavy (non-hydrogen) atoms. The van der Waals surface area contributed by atoms with Crippen molar-refractivity contribution >= 4 is 19.8 Å². The van der Waals surface area contributed by atoms with Crippen molar-refractivity contribution in [1.29, 1.82) is 0 Å². The number of aryl methyl sites for hydroxylation is 1. The number of aromatic nitrogens is 1. The molecule has 7 nitrogen and oxygen atoms in total. The minimum absolute atomic E-state index is 0.157. The van der Waals surface area contributed by atoms with Gasteiger partial charge in [-0.15, -0.1) is 4.74 Å². The smallest absolute Gasteiger partial charge is 0.326 e. The molecule has 0 saturated heterocycles. The molecule has 8 heteroatoms. The van der Waals surface area contributed by atoms with Crippen LogP contribution in [0.5, 0.6) is 0 Å². The molecule has 1 heterocycles. The highest BCUT2D eigenvalue weighted by atomic mass is 31.1. The summed E-state index contributed by atoms with van der Waals surface area (Å²) in [7, 11) is 0.133. The number of hydrogen-bond donors (Lipinski definition) is 2. The number of nitrogens with one attached hydrogen (secondary N) is 1. The fourth-order valence-corrected chi connectivity index (χ4v) is 4.34. The lowest BCUT2D eigenvalue weighted by Crippen LogP contribution is -2.46. The number of amides is 1. The van der Waals surface area contributed by atoms with Gasteiger partial charge in [-0.05, 0) is 42.0 Å². The van der Waals surface area contributed by atoms with E-state index >= 15 is 0 Å². The lowest BCUT2D eigenvalue weighted by molar-refractivity contribution is -0.156. The van der Waals surface area contributed by atoms with Crippen molar-refractivity contribution in [3.63, 3.8) is 0 Å². The van der Waals surface area contributed by atoms with Gasteiger partial charge in [-0.1, -0.05) is 45.0 Å². The van der Waals surface area contributed by atoms with Gasteiger partial charge in [0.25, 0.3) is 0 Å². The number of carbonyl (C=O) groups is 2. The summed E-state index contributed by atoms with van der Waals surface area (Å²) >= 11 is 0. The number of benzene rings is 1. The Morgan fingerprint density at radius 3 is 2.42 bits per heavy atom. The van der Waals surface area contributed by atoms with Crippen LogP contribution < -0.4 is 10.2 Å². The second kappa shape index (κ2) is 11.8. The Balaban J connectivity index is 2.12. The summed E-state index contributed by atoms with van der Waals surface area (Å²) in [5, 5.41) is 12.3. The molecule has 0 bridgehead atoms. The summed E-state index contributed by atoms with van der Waals surface area (Å²) < 4.78 is 6.19. The van der Waals surface area contributed by atoms with Crippen LogP contribution in [-0.2, 0) is 23.1 Å². The molecule has 0 saturated carbocycles. The molecule has 3 atom stereocenters. The molecule has 0 aliphatic rings. The molecule has 0 aliphatic heterocycles. The van der Waals surface area contributed by atoms with Crippen molar-refractivity contribution in [2.75, 3.05) is 6.16 Å². The van der Waals surface area contributed by atoms with E-state index in [1.165, 1.54) is 0 Å². The molecule has 0 fully saturated rings. The van der Waals surface area contributed by atoms with Crippen LogP contribution in [0, 0.1) is 5.92 Å². The van der Waals surface area contributed by atoms with Gasteiger partial charge < -0.3 is 19.9 Å². The van der Waals surface area contributed by atoms with Gasteiger partial charge in [-0.3, -0.25) is 4.79 Å². The van der Waals surface area contributed by atoms with Crippen LogP contribution in [-0.4, -0.2) is 39.8 Å². The lowest BCUT2D eigenvalue weighted by Gasteiger charge is -2.18. The monoisotopic (exact) mass is 445 g/mol. The Hall–Kier alpha value is -2.50. The van der Waals surface area contributed by atoms with Gasteiger partial charge in [0, 0.05) is 25.4 Å². The quantitative estimate of drug-likeness (QED) is 0.516. The van der Waals surface area contributed by atoms with E-state index in [0.717, 1.165) is 16.8 Å². The third-order valence-corrected chi connectivity index (χ3v) is 6.29. The summed E-state index contributed by atoms with van der Waals surface area (Å²) in [5.74, 6) is -1.43. The summed E-state index contributed by atoms with van der Waals surface area (Å²) in [4.78, 5) is 36.7. The van der Waals surface area contributed by atoms with E-state index in [0.29, 0.717) is 19.0 Å². The number of carboxylic acid groups (broad SMARTS) is 1. The van der Waals surface area contributed by atoms with Crippen LogP contribution in [0.3, 0.4) is 0 Å². The molecule has 1 unspecified atom stereocenters. The van der Waals surface area contributed by atoms with Gasteiger partial charge in [-0.2, -0.15) is 0 Å². The number of carboxylic acids is 1. The van der Waals surface area contributed by atoms with Gasteiger partial charge in [-0.25, -0.2) is 4.79 Å². The minimum atomic E-state index is -1.83. The van der Waals surface area contributed by atoms with Crippen molar-refractivity contribution in [1.82, 2.24) is 9.88 Å². The summed E-state index contributed by atoms with van der Waals surface area (Å²) in [6.07, 6.45) is 3.68. The average Bonchev–Trinajstić information content (AvgIpc) is 3.13. The standard InChI is InChI=1S/C23H32N3O4P/c1-5-13-31(30)25-19(14-16(2)3)22(27)24-20(23(28)29)15-17-8-10-18(11-9-17)21-7-6-12-26(21)4/h6-12,16,19-20H,5,13-15H2,1-4H3,(H,24,27)(H,28,29)/t19-,20-/m0/s1. The van der Waals surface area contributed by atoms with E-state index in [1.54, 1.807) is 0 Å². The second-order valence-electron chi connectivity index (χ2n) is 8.14. The van der Waals surface area contributed by atoms with E-state index in [2.05, 4.69) is 10.1 Å². The molecule has 2 rings (SSSR count). The average molecular weight is 446 g/mol. The molecule has 0 radical (unpaired) electrons. The first-order chi connectivity index (χ1) is 14.7. The zero-order valence-corrected chi connectivity index (χ0v) is 19.5. The normalized spacial score (nSPS) is 13.8. The van der Waals surface area contributed by atoms with Gasteiger partial charge in [0.05, 0.1) is 0 Å². The maximum Gasteiger partial charge on any atom is 0.326 e. The van der Waals surface area contributed by atoms with Crippen molar-refractivity contribution < 1.29 is 19.6 Å². The van der Waals surface area contributed by atoms with Crippen LogP contribution in [0.15, 0.2) is 47.3 Å². The fraction of sp³-hybridized carbons (Fsp3) is 0.478. The zero-order valence-electron chi connectivity index (χ0n) is 18.6. The molecule has 1 aromatic heterocycles. The first kappa shape index (κ1) is 24.8. The fourth-order valence-electron chi connectivity index (χ4n) is 3.33. The number of hydrogen-bond acceptors (Lipinski definition) is 4. The predicted molar refractivity (Wildman–Crippen MR) is 122 cm³/mol. The van der Waals surface area contributed by atoms with E-state index < -0.39 is 31.9 Å². The Morgan fingerprint density at radius 1 is 1.23 bits per heavy atom. The zero-order chi connectivity index (χ0) is 23.0. The summed E-state index contributed by atoms with van der Waals surface area (Å²) in [5.41, 5.74) is 2.90. The van der Waals surface area contributed by atoms with Crippen LogP contribution in [0.4, 0.5) is 0 Å². The Bertz CT molecular complexity index is 906. The maximum atomic E-state index is 12.8. The van der Waals surface area contributed by atoms with Crippen molar-refractivity contribution in [2.24, 2.45) is 17.7 Å². The van der Waals surface area contributed by atoms with Crippen LogP contribution in [0.1, 0.15) is 39.2 Å².